The SMILES string of the molecule is CC(C)(C)OCCOc1ccc(C=O)cc1F. The fourth-order valence-electron chi connectivity index (χ4n) is 1.21. The zero-order valence-corrected chi connectivity index (χ0v) is 10.3. The average molecular weight is 240 g/mol. The molecule has 0 bridgehead atoms. The summed E-state index contributed by atoms with van der Waals surface area (Å²) < 4.78 is 24.0. The number of benzene rings is 1. The van der Waals surface area contributed by atoms with Crippen LogP contribution in [-0.2, 0) is 4.74 Å². The van der Waals surface area contributed by atoms with Gasteiger partial charge in [-0.05, 0) is 39.0 Å². The second-order valence-corrected chi connectivity index (χ2v) is 4.62. The summed E-state index contributed by atoms with van der Waals surface area (Å²) in [6.45, 7) is 6.47. The molecule has 0 aromatic heterocycles. The lowest BCUT2D eigenvalue weighted by atomic mass is 10.2. The molecule has 17 heavy (non-hydrogen) atoms. The largest absolute Gasteiger partial charge is 0.488 e. The molecule has 0 saturated heterocycles. The van der Waals surface area contributed by atoms with Crippen LogP contribution in [0.3, 0.4) is 0 Å². The summed E-state index contributed by atoms with van der Waals surface area (Å²) in [6.07, 6.45) is 0.593. The van der Waals surface area contributed by atoms with E-state index in [0.717, 1.165) is 6.07 Å². The molecule has 1 aromatic rings. The molecule has 0 amide bonds. The summed E-state index contributed by atoms with van der Waals surface area (Å²) in [5.74, 6) is -0.404. The van der Waals surface area contributed by atoms with Gasteiger partial charge in [-0.15, -0.1) is 0 Å². The normalized spacial score (nSPS) is 11.3. The van der Waals surface area contributed by atoms with E-state index in [1.165, 1.54) is 12.1 Å². The van der Waals surface area contributed by atoms with Gasteiger partial charge in [0.2, 0.25) is 0 Å². The molecule has 0 fully saturated rings. The molecule has 1 aromatic carbocycles. The van der Waals surface area contributed by atoms with Crippen molar-refractivity contribution in [3.63, 3.8) is 0 Å². The number of rotatable bonds is 5. The van der Waals surface area contributed by atoms with Gasteiger partial charge in [-0.25, -0.2) is 4.39 Å². The van der Waals surface area contributed by atoms with Gasteiger partial charge in [-0.1, -0.05) is 0 Å². The first kappa shape index (κ1) is 13.6. The number of halogens is 1. The molecular formula is C13H17FO3. The highest BCUT2D eigenvalue weighted by molar-refractivity contribution is 5.74. The highest BCUT2D eigenvalue weighted by Gasteiger charge is 2.10. The van der Waals surface area contributed by atoms with Gasteiger partial charge in [0, 0.05) is 5.56 Å². The van der Waals surface area contributed by atoms with Gasteiger partial charge >= 0.3 is 0 Å². The zero-order chi connectivity index (χ0) is 12.9. The lowest BCUT2D eigenvalue weighted by Crippen LogP contribution is -2.22. The fourth-order valence-corrected chi connectivity index (χ4v) is 1.21. The van der Waals surface area contributed by atoms with Crippen LogP contribution in [0.25, 0.3) is 0 Å². The van der Waals surface area contributed by atoms with Crippen molar-refractivity contribution in [3.8, 4) is 5.75 Å². The van der Waals surface area contributed by atoms with Gasteiger partial charge < -0.3 is 9.47 Å². The van der Waals surface area contributed by atoms with Crippen molar-refractivity contribution in [2.24, 2.45) is 0 Å². The maximum absolute atomic E-state index is 13.4. The molecule has 0 aliphatic rings. The number of carbonyl (C=O) groups excluding carboxylic acids is 1. The van der Waals surface area contributed by atoms with Crippen LogP contribution >= 0.6 is 0 Å². The van der Waals surface area contributed by atoms with E-state index in [0.29, 0.717) is 18.5 Å². The van der Waals surface area contributed by atoms with E-state index >= 15 is 0 Å². The molecule has 4 heteroatoms. The molecule has 0 atom stereocenters. The summed E-state index contributed by atoms with van der Waals surface area (Å²) in [7, 11) is 0. The molecule has 0 N–H and O–H groups in total. The Morgan fingerprint density at radius 3 is 2.53 bits per heavy atom. The van der Waals surface area contributed by atoms with Crippen LogP contribution in [0.15, 0.2) is 18.2 Å². The molecule has 0 saturated carbocycles. The average Bonchev–Trinajstić information content (AvgIpc) is 2.24. The van der Waals surface area contributed by atoms with Crippen LogP contribution in [0.1, 0.15) is 31.1 Å². The van der Waals surface area contributed by atoms with Gasteiger partial charge in [0.05, 0.1) is 12.2 Å². The number of aldehydes is 1. The lowest BCUT2D eigenvalue weighted by molar-refractivity contribution is -0.0166. The summed E-state index contributed by atoms with van der Waals surface area (Å²) >= 11 is 0. The molecule has 0 aliphatic carbocycles. The van der Waals surface area contributed by atoms with Gasteiger partial charge in [0.1, 0.15) is 12.9 Å². The van der Waals surface area contributed by atoms with Crippen molar-refractivity contribution < 1.29 is 18.7 Å². The molecule has 94 valence electrons. The van der Waals surface area contributed by atoms with E-state index in [4.69, 9.17) is 9.47 Å². The summed E-state index contributed by atoms with van der Waals surface area (Å²) in [5, 5.41) is 0. The van der Waals surface area contributed by atoms with Crippen LogP contribution < -0.4 is 4.74 Å². The summed E-state index contributed by atoms with van der Waals surface area (Å²) in [5.41, 5.74) is 0.0595. The van der Waals surface area contributed by atoms with Crippen LogP contribution in [0.4, 0.5) is 4.39 Å². The molecule has 0 heterocycles. The Kier molecular flexibility index (Phi) is 4.63. The first-order valence-electron chi connectivity index (χ1n) is 5.44. The van der Waals surface area contributed by atoms with E-state index in [2.05, 4.69) is 0 Å². The topological polar surface area (TPSA) is 35.5 Å². The minimum absolute atomic E-state index is 0.133. The predicted octanol–water partition coefficient (Wildman–Crippen LogP) is 2.83. The van der Waals surface area contributed by atoms with Gasteiger partial charge in [0.25, 0.3) is 0 Å². The molecular weight excluding hydrogens is 223 g/mol. The minimum Gasteiger partial charge on any atom is -0.488 e. The van der Waals surface area contributed by atoms with Crippen molar-refractivity contribution >= 4 is 6.29 Å². The number of carbonyl (C=O) groups is 1. The highest BCUT2D eigenvalue weighted by Crippen LogP contribution is 2.17. The standard InChI is InChI=1S/C13H17FO3/c1-13(2,3)17-7-6-16-12-5-4-10(9-15)8-11(12)14/h4-5,8-9H,6-7H2,1-3H3. The van der Waals surface area contributed by atoms with Gasteiger partial charge in [-0.2, -0.15) is 0 Å². The molecule has 0 radical (unpaired) electrons. The third-order valence-electron chi connectivity index (χ3n) is 1.97. The van der Waals surface area contributed by atoms with Crippen molar-refractivity contribution in [1.29, 1.82) is 0 Å². The molecule has 1 rings (SSSR count). The van der Waals surface area contributed by atoms with E-state index in [1.807, 2.05) is 20.8 Å². The van der Waals surface area contributed by atoms with Crippen LogP contribution in [0, 0.1) is 5.82 Å². The summed E-state index contributed by atoms with van der Waals surface area (Å²) in [4.78, 5) is 10.4. The predicted molar refractivity (Wildman–Crippen MR) is 63.0 cm³/mol. The lowest BCUT2D eigenvalue weighted by Gasteiger charge is -2.19. The molecule has 0 unspecified atom stereocenters. The van der Waals surface area contributed by atoms with Crippen molar-refractivity contribution in [2.75, 3.05) is 13.2 Å². The van der Waals surface area contributed by atoms with Gasteiger partial charge in [-0.3, -0.25) is 4.79 Å². The second kappa shape index (κ2) is 5.77. The van der Waals surface area contributed by atoms with Crippen molar-refractivity contribution in [2.45, 2.75) is 26.4 Å². The monoisotopic (exact) mass is 240 g/mol. The maximum atomic E-state index is 13.4. The Morgan fingerprint density at radius 2 is 2.00 bits per heavy atom. The van der Waals surface area contributed by atoms with Crippen LogP contribution in [-0.4, -0.2) is 25.1 Å². The smallest absolute Gasteiger partial charge is 0.165 e. The van der Waals surface area contributed by atoms with Crippen molar-refractivity contribution in [1.82, 2.24) is 0 Å². The Hall–Kier alpha value is -1.42. The van der Waals surface area contributed by atoms with E-state index < -0.39 is 5.82 Å². The molecule has 0 spiro atoms. The molecule has 0 aliphatic heterocycles. The van der Waals surface area contributed by atoms with Crippen molar-refractivity contribution in [3.05, 3.63) is 29.6 Å². The van der Waals surface area contributed by atoms with E-state index in [-0.39, 0.29) is 18.0 Å². The second-order valence-electron chi connectivity index (χ2n) is 4.62. The zero-order valence-electron chi connectivity index (χ0n) is 10.3. The maximum Gasteiger partial charge on any atom is 0.165 e. The van der Waals surface area contributed by atoms with Gasteiger partial charge in [0.15, 0.2) is 11.6 Å². The Labute approximate surface area is 101 Å². The fraction of sp³-hybridized carbons (Fsp3) is 0.462. The summed E-state index contributed by atoms with van der Waals surface area (Å²) in [6, 6.07) is 4.10. The third kappa shape index (κ3) is 4.95. The quantitative estimate of drug-likeness (QED) is 0.586. The minimum atomic E-state index is -0.537. The Balaban J connectivity index is 2.44. The highest BCUT2D eigenvalue weighted by atomic mass is 19.1. The number of hydrogen-bond donors (Lipinski definition) is 0. The third-order valence-corrected chi connectivity index (χ3v) is 1.97. The number of ether oxygens (including phenoxy) is 2. The van der Waals surface area contributed by atoms with Crippen LogP contribution in [0.2, 0.25) is 0 Å². The van der Waals surface area contributed by atoms with E-state index in [9.17, 15) is 9.18 Å². The Morgan fingerprint density at radius 1 is 1.29 bits per heavy atom. The van der Waals surface area contributed by atoms with E-state index in [1.54, 1.807) is 0 Å². The Bertz CT molecular complexity index is 383. The first-order valence-corrected chi connectivity index (χ1v) is 5.44. The first-order chi connectivity index (χ1) is 7.92. The van der Waals surface area contributed by atoms with Crippen LogP contribution in [0.5, 0.6) is 5.75 Å². The molecule has 3 nitrogen and oxygen atoms in total. The number of hydrogen-bond acceptors (Lipinski definition) is 3.